The van der Waals surface area contributed by atoms with Crippen LogP contribution in [0, 0.1) is 0 Å². The fraction of sp³-hybridized carbons (Fsp3) is 0. The van der Waals surface area contributed by atoms with Gasteiger partial charge in [0.25, 0.3) is 0 Å². The highest BCUT2D eigenvalue weighted by molar-refractivity contribution is 7.99. The fourth-order valence-corrected chi connectivity index (χ4v) is 3.65. The van der Waals surface area contributed by atoms with Crippen LogP contribution in [0.1, 0.15) is 10.4 Å². The fourth-order valence-electron chi connectivity index (χ4n) is 1.79. The van der Waals surface area contributed by atoms with Crippen molar-refractivity contribution >= 4 is 39.2 Å². The van der Waals surface area contributed by atoms with Gasteiger partial charge in [-0.2, -0.15) is 0 Å². The average molecular weight is 287 g/mol. The van der Waals surface area contributed by atoms with Crippen LogP contribution in [-0.2, 0) is 0 Å². The van der Waals surface area contributed by atoms with Gasteiger partial charge >= 0.3 is 5.97 Å². The van der Waals surface area contributed by atoms with Gasteiger partial charge in [0.2, 0.25) is 0 Å². The van der Waals surface area contributed by atoms with E-state index < -0.39 is 5.97 Å². The van der Waals surface area contributed by atoms with Crippen LogP contribution < -0.4 is 0 Å². The number of hydrogen-bond acceptors (Lipinski definition) is 4. The van der Waals surface area contributed by atoms with Gasteiger partial charge in [-0.05, 0) is 29.6 Å². The maximum Gasteiger partial charge on any atom is 0.336 e. The van der Waals surface area contributed by atoms with Gasteiger partial charge in [0.1, 0.15) is 5.03 Å². The lowest BCUT2D eigenvalue weighted by atomic mass is 10.2. The minimum absolute atomic E-state index is 0.307. The molecule has 3 rings (SSSR count). The van der Waals surface area contributed by atoms with Crippen molar-refractivity contribution in [3.8, 4) is 0 Å². The number of carbonyl (C=O) groups is 1. The van der Waals surface area contributed by atoms with Gasteiger partial charge in [-0.1, -0.05) is 23.9 Å². The van der Waals surface area contributed by atoms with E-state index in [9.17, 15) is 9.90 Å². The molecule has 3 aromatic rings. The highest BCUT2D eigenvalue weighted by atomic mass is 32.2. The van der Waals surface area contributed by atoms with Crippen LogP contribution in [-0.4, -0.2) is 16.1 Å². The zero-order valence-electron chi connectivity index (χ0n) is 9.74. The van der Waals surface area contributed by atoms with Crippen molar-refractivity contribution < 1.29 is 9.90 Å². The third-order valence-electron chi connectivity index (χ3n) is 2.67. The van der Waals surface area contributed by atoms with Crippen molar-refractivity contribution in [1.29, 1.82) is 0 Å². The Morgan fingerprint density at radius 2 is 2.05 bits per heavy atom. The number of nitrogens with zero attached hydrogens (tertiary/aromatic N) is 1. The van der Waals surface area contributed by atoms with Crippen molar-refractivity contribution in [2.75, 3.05) is 0 Å². The molecule has 0 aliphatic heterocycles. The standard InChI is InChI=1S/C14H9NO2S2/c16-14(17)10-3-1-2-4-12(10)19-13-9-6-8-18-11(9)5-7-15-13/h1-8H,(H,16,17). The van der Waals surface area contributed by atoms with E-state index >= 15 is 0 Å². The summed E-state index contributed by atoms with van der Waals surface area (Å²) >= 11 is 3.04. The number of rotatable bonds is 3. The summed E-state index contributed by atoms with van der Waals surface area (Å²) in [4.78, 5) is 16.3. The summed E-state index contributed by atoms with van der Waals surface area (Å²) in [6.07, 6.45) is 1.75. The molecule has 2 heterocycles. The summed E-state index contributed by atoms with van der Waals surface area (Å²) in [7, 11) is 0. The normalized spacial score (nSPS) is 10.7. The summed E-state index contributed by atoms with van der Waals surface area (Å²) in [5.74, 6) is -0.916. The van der Waals surface area contributed by atoms with Crippen LogP contribution in [0.4, 0.5) is 0 Å². The Balaban J connectivity index is 2.06. The van der Waals surface area contributed by atoms with Crippen LogP contribution in [0.2, 0.25) is 0 Å². The number of carboxylic acids is 1. The molecule has 94 valence electrons. The van der Waals surface area contributed by atoms with Crippen molar-refractivity contribution in [3.05, 3.63) is 53.5 Å². The smallest absolute Gasteiger partial charge is 0.336 e. The Hall–Kier alpha value is -1.85. The molecule has 0 saturated heterocycles. The van der Waals surface area contributed by atoms with Gasteiger partial charge in [-0.25, -0.2) is 9.78 Å². The molecule has 0 spiro atoms. The number of pyridine rings is 1. The van der Waals surface area contributed by atoms with E-state index in [1.54, 1.807) is 35.7 Å². The first kappa shape index (κ1) is 12.2. The van der Waals surface area contributed by atoms with Crippen LogP contribution in [0.5, 0.6) is 0 Å². The Morgan fingerprint density at radius 3 is 2.89 bits per heavy atom. The summed E-state index contributed by atoms with van der Waals surface area (Å²) in [6, 6.07) is 11.0. The molecule has 2 aromatic heterocycles. The van der Waals surface area contributed by atoms with Crippen molar-refractivity contribution in [1.82, 2.24) is 4.98 Å². The third kappa shape index (κ3) is 2.34. The van der Waals surface area contributed by atoms with Crippen molar-refractivity contribution in [3.63, 3.8) is 0 Å². The minimum Gasteiger partial charge on any atom is -0.478 e. The highest BCUT2D eigenvalue weighted by Crippen LogP contribution is 2.35. The lowest BCUT2D eigenvalue weighted by Gasteiger charge is -2.05. The molecule has 0 saturated carbocycles. The largest absolute Gasteiger partial charge is 0.478 e. The minimum atomic E-state index is -0.916. The Bertz CT molecular complexity index is 752. The summed E-state index contributed by atoms with van der Waals surface area (Å²) in [6.45, 7) is 0. The Kier molecular flexibility index (Phi) is 3.23. The highest BCUT2D eigenvalue weighted by Gasteiger charge is 2.12. The van der Waals surface area contributed by atoms with E-state index in [2.05, 4.69) is 4.98 Å². The average Bonchev–Trinajstić information content (AvgIpc) is 2.88. The second kappa shape index (κ2) is 5.03. The Labute approximate surface area is 117 Å². The summed E-state index contributed by atoms with van der Waals surface area (Å²) in [5.41, 5.74) is 0.307. The molecule has 0 bridgehead atoms. The number of carboxylic acid groups (broad SMARTS) is 1. The first-order chi connectivity index (χ1) is 9.25. The lowest BCUT2D eigenvalue weighted by molar-refractivity contribution is 0.0693. The van der Waals surface area contributed by atoms with Gasteiger partial charge < -0.3 is 5.11 Å². The van der Waals surface area contributed by atoms with E-state index in [4.69, 9.17) is 0 Å². The molecule has 3 nitrogen and oxygen atoms in total. The molecule has 0 amide bonds. The van der Waals surface area contributed by atoms with Gasteiger partial charge in [0.05, 0.1) is 5.56 Å². The molecule has 5 heteroatoms. The van der Waals surface area contributed by atoms with E-state index in [0.717, 1.165) is 15.1 Å². The Morgan fingerprint density at radius 1 is 1.21 bits per heavy atom. The third-order valence-corrected chi connectivity index (χ3v) is 4.64. The van der Waals surface area contributed by atoms with E-state index in [1.165, 1.54) is 11.8 Å². The topological polar surface area (TPSA) is 50.2 Å². The molecule has 0 fully saturated rings. The van der Waals surface area contributed by atoms with E-state index in [-0.39, 0.29) is 0 Å². The second-order valence-electron chi connectivity index (χ2n) is 3.85. The molecule has 19 heavy (non-hydrogen) atoms. The van der Waals surface area contributed by atoms with Gasteiger partial charge in [0, 0.05) is 21.2 Å². The van der Waals surface area contributed by atoms with Crippen LogP contribution in [0.25, 0.3) is 10.1 Å². The first-order valence-corrected chi connectivity index (χ1v) is 7.28. The molecule has 0 unspecified atom stereocenters. The first-order valence-electron chi connectivity index (χ1n) is 5.58. The number of hydrogen-bond donors (Lipinski definition) is 1. The number of thiophene rings is 1. The van der Waals surface area contributed by atoms with E-state index in [1.807, 2.05) is 23.6 Å². The molecular weight excluding hydrogens is 278 g/mol. The second-order valence-corrected chi connectivity index (χ2v) is 5.83. The van der Waals surface area contributed by atoms with Gasteiger partial charge in [0.15, 0.2) is 0 Å². The van der Waals surface area contributed by atoms with Crippen LogP contribution in [0.15, 0.2) is 57.9 Å². The SMILES string of the molecule is O=C(O)c1ccccc1Sc1nccc2sccc12. The molecule has 0 aliphatic rings. The summed E-state index contributed by atoms with van der Waals surface area (Å²) < 4.78 is 1.16. The van der Waals surface area contributed by atoms with Crippen LogP contribution in [0.3, 0.4) is 0 Å². The number of aromatic nitrogens is 1. The number of aromatic carboxylic acids is 1. The zero-order valence-corrected chi connectivity index (χ0v) is 11.4. The number of benzene rings is 1. The van der Waals surface area contributed by atoms with E-state index in [0.29, 0.717) is 10.5 Å². The summed E-state index contributed by atoms with van der Waals surface area (Å²) in [5, 5.41) is 13.1. The maximum atomic E-state index is 11.2. The zero-order chi connectivity index (χ0) is 13.2. The monoisotopic (exact) mass is 287 g/mol. The molecular formula is C14H9NO2S2. The predicted molar refractivity (Wildman–Crippen MR) is 77.1 cm³/mol. The van der Waals surface area contributed by atoms with Crippen molar-refractivity contribution in [2.45, 2.75) is 9.92 Å². The maximum absolute atomic E-state index is 11.2. The van der Waals surface area contributed by atoms with Gasteiger partial charge in [-0.15, -0.1) is 11.3 Å². The van der Waals surface area contributed by atoms with Gasteiger partial charge in [-0.3, -0.25) is 0 Å². The molecule has 0 radical (unpaired) electrons. The van der Waals surface area contributed by atoms with Crippen molar-refractivity contribution in [2.24, 2.45) is 0 Å². The molecule has 1 N–H and O–H groups in total. The quantitative estimate of drug-likeness (QED) is 0.786. The molecule has 0 atom stereocenters. The molecule has 0 aliphatic carbocycles. The number of fused-ring (bicyclic) bond motifs is 1. The lowest BCUT2D eigenvalue weighted by Crippen LogP contribution is -1.98. The predicted octanol–water partition coefficient (Wildman–Crippen LogP) is 4.15. The molecule has 1 aromatic carbocycles. The van der Waals surface area contributed by atoms with Crippen LogP contribution >= 0.6 is 23.1 Å².